The van der Waals surface area contributed by atoms with E-state index in [1.165, 1.54) is 13.2 Å². The van der Waals surface area contributed by atoms with Crippen molar-refractivity contribution >= 4 is 11.4 Å². The van der Waals surface area contributed by atoms with E-state index >= 15 is 0 Å². The van der Waals surface area contributed by atoms with Gasteiger partial charge in [-0.1, -0.05) is 0 Å². The van der Waals surface area contributed by atoms with Gasteiger partial charge in [0.25, 0.3) is 0 Å². The van der Waals surface area contributed by atoms with Crippen molar-refractivity contribution in [1.82, 2.24) is 14.4 Å². The number of aromatic nitrogens is 3. The van der Waals surface area contributed by atoms with Crippen LogP contribution >= 0.6 is 0 Å². The molecule has 4 aromatic rings. The van der Waals surface area contributed by atoms with Crippen molar-refractivity contribution in [3.05, 3.63) is 72.3 Å². The minimum Gasteiger partial charge on any atom is -0.496 e. The first-order chi connectivity index (χ1) is 17.0. The summed E-state index contributed by atoms with van der Waals surface area (Å²) in [4.78, 5) is 21.3. The molecule has 0 bridgehead atoms. The van der Waals surface area contributed by atoms with Crippen molar-refractivity contribution in [2.24, 2.45) is 5.92 Å². The van der Waals surface area contributed by atoms with Crippen LogP contribution in [-0.2, 0) is 6.61 Å². The highest BCUT2D eigenvalue weighted by Gasteiger charge is 2.29. The topological polar surface area (TPSA) is 75.0 Å². The number of methoxy groups -OCH3 is 1. The predicted molar refractivity (Wildman–Crippen MR) is 124 cm³/mol. The lowest BCUT2D eigenvalue weighted by atomic mass is 10.00. The van der Waals surface area contributed by atoms with E-state index < -0.39 is 6.61 Å². The Morgan fingerprint density at radius 2 is 1.91 bits per heavy atom. The summed E-state index contributed by atoms with van der Waals surface area (Å²) < 4.78 is 44.3. The largest absolute Gasteiger partial charge is 0.496 e. The first-order valence-corrected chi connectivity index (χ1v) is 11.2. The normalized spacial score (nSPS) is 13.3. The van der Waals surface area contributed by atoms with Crippen LogP contribution in [0.4, 0.5) is 8.78 Å². The highest BCUT2D eigenvalue weighted by molar-refractivity contribution is 6.02. The zero-order chi connectivity index (χ0) is 24.4. The number of alkyl halides is 2. The van der Waals surface area contributed by atoms with Crippen LogP contribution in [0.5, 0.6) is 17.2 Å². The predicted octanol–water partition coefficient (Wildman–Crippen LogP) is 5.57. The van der Waals surface area contributed by atoms with Gasteiger partial charge in [0.05, 0.1) is 19.0 Å². The van der Waals surface area contributed by atoms with Gasteiger partial charge in [0.15, 0.2) is 5.78 Å². The standard InChI is InChI=1S/C26H23F2N3O4/c1-33-22-11-18(12-23(35-26(27)28)25(22)21(32)10-16-2-3-16)20-14-30-24-13-19(6-9-31(20)24)34-15-17-4-7-29-8-5-17/h4-9,11-14,16,26H,2-3,10,15H2,1H3. The zero-order valence-corrected chi connectivity index (χ0v) is 19.0. The van der Waals surface area contributed by atoms with E-state index in [0.29, 0.717) is 35.2 Å². The number of ketones is 1. The van der Waals surface area contributed by atoms with E-state index in [-0.39, 0.29) is 29.3 Å². The van der Waals surface area contributed by atoms with Gasteiger partial charge in [0.1, 0.15) is 35.1 Å². The summed E-state index contributed by atoms with van der Waals surface area (Å²) in [7, 11) is 1.40. The van der Waals surface area contributed by atoms with Crippen LogP contribution in [0.1, 0.15) is 35.2 Å². The summed E-state index contributed by atoms with van der Waals surface area (Å²) in [5.41, 5.74) is 2.79. The Morgan fingerprint density at radius 1 is 1.14 bits per heavy atom. The van der Waals surface area contributed by atoms with E-state index in [9.17, 15) is 13.6 Å². The molecule has 1 aromatic carbocycles. The number of hydrogen-bond acceptors (Lipinski definition) is 6. The summed E-state index contributed by atoms with van der Waals surface area (Å²) in [6.07, 6.45) is 9.02. The van der Waals surface area contributed by atoms with E-state index in [4.69, 9.17) is 14.2 Å². The van der Waals surface area contributed by atoms with Crippen LogP contribution in [-0.4, -0.2) is 33.9 Å². The van der Waals surface area contributed by atoms with Crippen molar-refractivity contribution in [2.75, 3.05) is 7.11 Å². The van der Waals surface area contributed by atoms with Gasteiger partial charge in [0, 0.05) is 36.6 Å². The molecule has 0 spiro atoms. The molecule has 0 N–H and O–H groups in total. The van der Waals surface area contributed by atoms with Crippen molar-refractivity contribution in [1.29, 1.82) is 0 Å². The molecule has 3 aromatic heterocycles. The average Bonchev–Trinajstić information content (AvgIpc) is 3.57. The second-order valence-corrected chi connectivity index (χ2v) is 8.38. The highest BCUT2D eigenvalue weighted by Crippen LogP contribution is 2.40. The second kappa shape index (κ2) is 9.69. The first-order valence-electron chi connectivity index (χ1n) is 11.2. The molecule has 0 atom stereocenters. The number of pyridine rings is 2. The average molecular weight is 479 g/mol. The van der Waals surface area contributed by atoms with Crippen LogP contribution < -0.4 is 14.2 Å². The summed E-state index contributed by atoms with van der Waals surface area (Å²) in [5, 5.41) is 0. The van der Waals surface area contributed by atoms with E-state index in [1.54, 1.807) is 47.4 Å². The molecule has 0 unspecified atom stereocenters. The van der Waals surface area contributed by atoms with Crippen molar-refractivity contribution < 1.29 is 27.8 Å². The minimum atomic E-state index is -3.08. The maximum Gasteiger partial charge on any atom is 0.387 e. The van der Waals surface area contributed by atoms with Gasteiger partial charge < -0.3 is 14.2 Å². The summed E-state index contributed by atoms with van der Waals surface area (Å²) in [5.74, 6) is 0.649. The monoisotopic (exact) mass is 479 g/mol. The molecule has 0 saturated heterocycles. The van der Waals surface area contributed by atoms with Crippen molar-refractivity contribution in [2.45, 2.75) is 32.5 Å². The Balaban J connectivity index is 1.47. The van der Waals surface area contributed by atoms with Crippen LogP contribution in [0.2, 0.25) is 0 Å². The fourth-order valence-corrected chi connectivity index (χ4v) is 3.96. The molecule has 7 nitrogen and oxygen atoms in total. The Labute approximate surface area is 200 Å². The third-order valence-electron chi connectivity index (χ3n) is 5.89. The Hall–Kier alpha value is -4.01. The van der Waals surface area contributed by atoms with Crippen molar-refractivity contribution in [3.63, 3.8) is 0 Å². The molecule has 0 radical (unpaired) electrons. The molecule has 3 heterocycles. The number of Topliss-reactive ketones (excluding diaryl/α,β-unsaturated/α-hetero) is 1. The fraction of sp³-hybridized carbons (Fsp3) is 0.269. The lowest BCUT2D eigenvalue weighted by molar-refractivity contribution is -0.0502. The molecule has 5 rings (SSSR count). The number of rotatable bonds is 10. The zero-order valence-electron chi connectivity index (χ0n) is 19.0. The minimum absolute atomic E-state index is 0.0454. The molecule has 1 fully saturated rings. The molecule has 1 aliphatic rings. The fourth-order valence-electron chi connectivity index (χ4n) is 3.96. The van der Waals surface area contributed by atoms with E-state index in [0.717, 1.165) is 18.4 Å². The second-order valence-electron chi connectivity index (χ2n) is 8.38. The molecule has 35 heavy (non-hydrogen) atoms. The van der Waals surface area contributed by atoms with Gasteiger partial charge in [-0.15, -0.1) is 0 Å². The molecule has 1 aliphatic carbocycles. The number of nitrogens with zero attached hydrogens (tertiary/aromatic N) is 3. The molecule has 180 valence electrons. The summed E-state index contributed by atoms with van der Waals surface area (Å²) >= 11 is 0. The molecule has 0 amide bonds. The maximum absolute atomic E-state index is 13.2. The number of carbonyl (C=O) groups excluding carboxylic acids is 1. The number of halogens is 2. The number of benzene rings is 1. The van der Waals surface area contributed by atoms with Crippen molar-refractivity contribution in [3.8, 4) is 28.5 Å². The van der Waals surface area contributed by atoms with Crippen LogP contribution in [0.3, 0.4) is 0 Å². The number of carbonyl (C=O) groups is 1. The first kappa shape index (κ1) is 22.8. The smallest absolute Gasteiger partial charge is 0.387 e. The third-order valence-corrected chi connectivity index (χ3v) is 5.89. The van der Waals surface area contributed by atoms with E-state index in [1.807, 2.05) is 12.1 Å². The molecule has 0 aliphatic heterocycles. The maximum atomic E-state index is 13.2. The molecular weight excluding hydrogens is 456 g/mol. The number of imidazole rings is 1. The van der Waals surface area contributed by atoms with Gasteiger partial charge in [-0.2, -0.15) is 8.78 Å². The molecular formula is C26H23F2N3O4. The Bertz CT molecular complexity index is 1350. The number of hydrogen-bond donors (Lipinski definition) is 0. The highest BCUT2D eigenvalue weighted by atomic mass is 19.3. The van der Waals surface area contributed by atoms with Gasteiger partial charge in [0.2, 0.25) is 0 Å². The Kier molecular flexibility index (Phi) is 6.31. The third kappa shape index (κ3) is 5.08. The van der Waals surface area contributed by atoms with Gasteiger partial charge in [-0.05, 0) is 54.7 Å². The van der Waals surface area contributed by atoms with Gasteiger partial charge in [-0.3, -0.25) is 14.2 Å². The SMILES string of the molecule is COc1cc(-c2cnc3cc(OCc4ccncc4)ccn23)cc(OC(F)F)c1C(=O)CC1CC1. The molecule has 9 heteroatoms. The van der Waals surface area contributed by atoms with Crippen LogP contribution in [0.15, 0.2) is 61.2 Å². The van der Waals surface area contributed by atoms with Crippen LogP contribution in [0, 0.1) is 5.92 Å². The Morgan fingerprint density at radius 3 is 2.63 bits per heavy atom. The van der Waals surface area contributed by atoms with Crippen LogP contribution in [0.25, 0.3) is 16.9 Å². The quantitative estimate of drug-likeness (QED) is 0.277. The summed E-state index contributed by atoms with van der Waals surface area (Å²) in [6, 6.07) is 10.4. The van der Waals surface area contributed by atoms with E-state index in [2.05, 4.69) is 9.97 Å². The summed E-state index contributed by atoms with van der Waals surface area (Å²) in [6.45, 7) is -2.70. The lowest BCUT2D eigenvalue weighted by Gasteiger charge is -2.16. The molecule has 1 saturated carbocycles. The lowest BCUT2D eigenvalue weighted by Crippen LogP contribution is -2.11. The number of fused-ring (bicyclic) bond motifs is 1. The van der Waals surface area contributed by atoms with Gasteiger partial charge >= 0.3 is 6.61 Å². The van der Waals surface area contributed by atoms with Gasteiger partial charge in [-0.25, -0.2) is 4.98 Å². The number of ether oxygens (including phenoxy) is 3.